The van der Waals surface area contributed by atoms with Gasteiger partial charge in [0.05, 0.1) is 11.7 Å². The van der Waals surface area contributed by atoms with E-state index in [2.05, 4.69) is 24.8 Å². The molecule has 0 atom stereocenters. The van der Waals surface area contributed by atoms with Crippen LogP contribution in [0, 0.1) is 12.8 Å². The first-order chi connectivity index (χ1) is 13.5. The molecule has 1 aliphatic rings. The molecule has 4 rings (SSSR count). The van der Waals surface area contributed by atoms with E-state index in [1.54, 1.807) is 6.20 Å². The summed E-state index contributed by atoms with van der Waals surface area (Å²) >= 11 is 0. The van der Waals surface area contributed by atoms with Gasteiger partial charge < -0.3 is 4.90 Å². The molecule has 1 saturated heterocycles. The second-order valence-electron chi connectivity index (χ2n) is 7.00. The number of alkyl halides is 2. The maximum atomic E-state index is 12.7. The van der Waals surface area contributed by atoms with Crippen molar-refractivity contribution in [2.45, 2.75) is 32.7 Å². The van der Waals surface area contributed by atoms with Gasteiger partial charge in [0.15, 0.2) is 5.65 Å². The third-order valence-corrected chi connectivity index (χ3v) is 5.06. The number of nitrogens with zero attached hydrogens (tertiary/aromatic N) is 6. The van der Waals surface area contributed by atoms with Gasteiger partial charge in [-0.3, -0.25) is 9.36 Å². The van der Waals surface area contributed by atoms with E-state index < -0.39 is 17.7 Å². The molecule has 9 heteroatoms. The van der Waals surface area contributed by atoms with Gasteiger partial charge >= 0.3 is 0 Å². The number of hydrogen-bond donors (Lipinski definition) is 0. The van der Waals surface area contributed by atoms with E-state index in [9.17, 15) is 13.6 Å². The monoisotopic (exact) mass is 386 g/mol. The number of anilines is 1. The van der Waals surface area contributed by atoms with Crippen LogP contribution in [0.15, 0.2) is 35.5 Å². The van der Waals surface area contributed by atoms with Crippen molar-refractivity contribution in [3.8, 4) is 0 Å². The second-order valence-corrected chi connectivity index (χ2v) is 7.00. The molecule has 0 unspecified atom stereocenters. The van der Waals surface area contributed by atoms with Gasteiger partial charge in [-0.15, -0.1) is 0 Å². The zero-order valence-electron chi connectivity index (χ0n) is 15.4. The van der Waals surface area contributed by atoms with E-state index in [4.69, 9.17) is 0 Å². The molecule has 0 aromatic carbocycles. The van der Waals surface area contributed by atoms with Crippen molar-refractivity contribution >= 4 is 16.9 Å². The number of fused-ring (bicyclic) bond motifs is 1. The molecular formula is C19H20F2N6O. The Morgan fingerprint density at radius 1 is 1.21 bits per heavy atom. The highest BCUT2D eigenvalue weighted by Crippen LogP contribution is 2.27. The lowest BCUT2D eigenvalue weighted by Gasteiger charge is -2.33. The largest absolute Gasteiger partial charge is 0.356 e. The van der Waals surface area contributed by atoms with Gasteiger partial charge in [-0.25, -0.2) is 28.7 Å². The van der Waals surface area contributed by atoms with Crippen molar-refractivity contribution in [3.05, 3.63) is 52.6 Å². The molecule has 3 aromatic heterocycles. The smallest absolute Gasteiger partial charge is 0.280 e. The predicted octanol–water partition coefficient (Wildman–Crippen LogP) is 2.74. The summed E-state index contributed by atoms with van der Waals surface area (Å²) in [6, 6.07) is 4.77. The van der Waals surface area contributed by atoms with Crippen molar-refractivity contribution in [2.24, 2.45) is 5.92 Å². The summed E-state index contributed by atoms with van der Waals surface area (Å²) in [5.74, 6) is 1.84. The molecule has 0 N–H and O–H groups in total. The van der Waals surface area contributed by atoms with Crippen LogP contribution in [0.3, 0.4) is 0 Å². The number of aryl methyl sites for hydroxylation is 1. The van der Waals surface area contributed by atoms with Crippen LogP contribution in [0.2, 0.25) is 0 Å². The molecule has 0 bridgehead atoms. The van der Waals surface area contributed by atoms with Crippen LogP contribution in [0.5, 0.6) is 0 Å². The van der Waals surface area contributed by atoms with Crippen LogP contribution < -0.4 is 10.5 Å². The number of hydrogen-bond acceptors (Lipinski definition) is 6. The maximum absolute atomic E-state index is 12.7. The Kier molecular flexibility index (Phi) is 4.97. The van der Waals surface area contributed by atoms with Gasteiger partial charge in [0, 0.05) is 31.9 Å². The van der Waals surface area contributed by atoms with Crippen LogP contribution >= 0.6 is 0 Å². The number of rotatable bonds is 4. The fourth-order valence-corrected chi connectivity index (χ4v) is 3.60. The average molecular weight is 386 g/mol. The molecule has 28 heavy (non-hydrogen) atoms. The van der Waals surface area contributed by atoms with Crippen molar-refractivity contribution in [1.82, 2.24) is 24.5 Å². The summed E-state index contributed by atoms with van der Waals surface area (Å²) in [7, 11) is 0. The van der Waals surface area contributed by atoms with Gasteiger partial charge in [-0.2, -0.15) is 0 Å². The third kappa shape index (κ3) is 3.69. The summed E-state index contributed by atoms with van der Waals surface area (Å²) in [6.45, 7) is 3.92. The molecule has 146 valence electrons. The fraction of sp³-hybridized carbons (Fsp3) is 0.421. The molecule has 3 aromatic rings. The number of aromatic nitrogens is 5. The third-order valence-electron chi connectivity index (χ3n) is 5.06. The van der Waals surface area contributed by atoms with Gasteiger partial charge in [0.25, 0.3) is 12.0 Å². The van der Waals surface area contributed by atoms with Gasteiger partial charge in [-0.05, 0) is 37.8 Å². The fourth-order valence-electron chi connectivity index (χ4n) is 3.60. The molecule has 0 saturated carbocycles. The molecule has 1 fully saturated rings. The lowest BCUT2D eigenvalue weighted by atomic mass is 9.96. The summed E-state index contributed by atoms with van der Waals surface area (Å²) < 4.78 is 26.7. The van der Waals surface area contributed by atoms with Crippen molar-refractivity contribution in [2.75, 3.05) is 18.0 Å². The minimum absolute atomic E-state index is 0.278. The van der Waals surface area contributed by atoms with E-state index in [1.807, 2.05) is 19.1 Å². The highest BCUT2D eigenvalue weighted by Gasteiger charge is 2.23. The minimum atomic E-state index is -2.73. The van der Waals surface area contributed by atoms with E-state index in [0.29, 0.717) is 18.0 Å². The first-order valence-electron chi connectivity index (χ1n) is 9.20. The quantitative estimate of drug-likeness (QED) is 0.686. The van der Waals surface area contributed by atoms with Crippen LogP contribution in [0.1, 0.15) is 30.8 Å². The molecule has 1 aliphatic heterocycles. The van der Waals surface area contributed by atoms with Gasteiger partial charge in [0.1, 0.15) is 17.3 Å². The molecular weight excluding hydrogens is 366 g/mol. The van der Waals surface area contributed by atoms with Crippen LogP contribution in [0.25, 0.3) is 11.0 Å². The summed E-state index contributed by atoms with van der Waals surface area (Å²) in [4.78, 5) is 31.3. The standard InChI is InChI=1S/C19H20F2N6O/c1-12-24-18-14(3-2-6-22-18)19(25-12)26-7-4-13(5-8-26)10-27-11-23-15(17(20)21)9-16(27)28/h2-3,6,9,11,13,17H,4-5,7-8,10H2,1H3. The summed E-state index contributed by atoms with van der Waals surface area (Å²) in [5, 5.41) is 0.926. The van der Waals surface area contributed by atoms with E-state index in [0.717, 1.165) is 43.2 Å². The summed E-state index contributed by atoms with van der Waals surface area (Å²) in [5.41, 5.74) is -0.226. The summed E-state index contributed by atoms with van der Waals surface area (Å²) in [6.07, 6.45) is 1.95. The highest BCUT2D eigenvalue weighted by atomic mass is 19.3. The van der Waals surface area contributed by atoms with Crippen molar-refractivity contribution in [1.29, 1.82) is 0 Å². The second kappa shape index (κ2) is 7.57. The van der Waals surface area contributed by atoms with Crippen LogP contribution in [-0.4, -0.2) is 37.6 Å². The van der Waals surface area contributed by atoms with E-state index in [-0.39, 0.29) is 5.92 Å². The number of piperidine rings is 1. The Labute approximate surface area is 160 Å². The molecule has 0 aliphatic carbocycles. The van der Waals surface area contributed by atoms with E-state index >= 15 is 0 Å². The number of pyridine rings is 1. The predicted molar refractivity (Wildman–Crippen MR) is 100 cm³/mol. The maximum Gasteiger partial charge on any atom is 0.280 e. The average Bonchev–Trinajstić information content (AvgIpc) is 2.69. The van der Waals surface area contributed by atoms with Crippen molar-refractivity contribution in [3.63, 3.8) is 0 Å². The molecule has 4 heterocycles. The molecule has 0 amide bonds. The highest BCUT2D eigenvalue weighted by molar-refractivity contribution is 5.86. The number of halogens is 2. The van der Waals surface area contributed by atoms with E-state index in [1.165, 1.54) is 10.9 Å². The minimum Gasteiger partial charge on any atom is -0.356 e. The Morgan fingerprint density at radius 2 is 2.00 bits per heavy atom. The zero-order valence-corrected chi connectivity index (χ0v) is 15.4. The Balaban J connectivity index is 1.47. The molecule has 0 radical (unpaired) electrons. The zero-order chi connectivity index (χ0) is 19.7. The normalized spacial score (nSPS) is 15.5. The molecule has 0 spiro atoms. The lowest BCUT2D eigenvalue weighted by Crippen LogP contribution is -2.37. The Bertz CT molecular complexity index is 1050. The van der Waals surface area contributed by atoms with Crippen LogP contribution in [0.4, 0.5) is 14.6 Å². The van der Waals surface area contributed by atoms with Gasteiger partial charge in [-0.1, -0.05) is 0 Å². The SMILES string of the molecule is Cc1nc(N2CCC(Cn3cnc(C(F)F)cc3=O)CC2)c2cccnc2n1. The first-order valence-corrected chi connectivity index (χ1v) is 9.20. The Morgan fingerprint density at radius 3 is 2.71 bits per heavy atom. The lowest BCUT2D eigenvalue weighted by molar-refractivity contribution is 0.145. The Hall–Kier alpha value is -2.97. The van der Waals surface area contributed by atoms with Crippen molar-refractivity contribution < 1.29 is 8.78 Å². The molecule has 7 nitrogen and oxygen atoms in total. The van der Waals surface area contributed by atoms with Gasteiger partial charge in [0.2, 0.25) is 0 Å². The van der Waals surface area contributed by atoms with Crippen LogP contribution in [-0.2, 0) is 6.54 Å². The topological polar surface area (TPSA) is 76.8 Å². The first kappa shape index (κ1) is 18.4.